The zero-order valence-corrected chi connectivity index (χ0v) is 17.8. The second kappa shape index (κ2) is 10.8. The van der Waals surface area contributed by atoms with Gasteiger partial charge in [0.25, 0.3) is 11.8 Å². The predicted molar refractivity (Wildman–Crippen MR) is 120 cm³/mol. The number of nitrogens with zero attached hydrogens (tertiary/aromatic N) is 1. The summed E-state index contributed by atoms with van der Waals surface area (Å²) >= 11 is 0. The van der Waals surface area contributed by atoms with Gasteiger partial charge >= 0.3 is 0 Å². The molecule has 0 aliphatic carbocycles. The number of carbonyl (C=O) groups is 2. The van der Waals surface area contributed by atoms with Crippen molar-refractivity contribution in [3.8, 4) is 0 Å². The molecule has 3 rings (SSSR count). The van der Waals surface area contributed by atoms with Crippen LogP contribution in [-0.4, -0.2) is 44.7 Å². The molecule has 6 heteroatoms. The number of carbonyl (C=O) groups excluding carboxylic acids is 2. The molecule has 160 valence electrons. The van der Waals surface area contributed by atoms with E-state index in [9.17, 15) is 9.59 Å². The van der Waals surface area contributed by atoms with Crippen LogP contribution in [0.1, 0.15) is 53.3 Å². The number of unbranched alkanes of at least 4 members (excludes halogenated alkanes) is 1. The minimum Gasteiger partial charge on any atom is -0.376 e. The fourth-order valence-electron chi connectivity index (χ4n) is 3.48. The van der Waals surface area contributed by atoms with E-state index < -0.39 is 0 Å². The van der Waals surface area contributed by atoms with Crippen molar-refractivity contribution in [2.75, 3.05) is 37.0 Å². The topological polar surface area (TPSA) is 70.7 Å². The van der Waals surface area contributed by atoms with Crippen LogP contribution in [0.5, 0.6) is 0 Å². The molecule has 1 unspecified atom stereocenters. The first-order chi connectivity index (χ1) is 14.6. The number of benzene rings is 2. The molecule has 2 aromatic carbocycles. The first kappa shape index (κ1) is 21.8. The molecule has 2 aromatic rings. The molecule has 2 N–H and O–H groups in total. The van der Waals surface area contributed by atoms with Crippen LogP contribution in [0.3, 0.4) is 0 Å². The Labute approximate surface area is 178 Å². The van der Waals surface area contributed by atoms with E-state index in [2.05, 4.69) is 29.5 Å². The Kier molecular flexibility index (Phi) is 7.85. The van der Waals surface area contributed by atoms with Gasteiger partial charge in [-0.3, -0.25) is 9.59 Å². The number of rotatable bonds is 9. The van der Waals surface area contributed by atoms with E-state index in [1.54, 1.807) is 24.3 Å². The Morgan fingerprint density at radius 2 is 1.87 bits per heavy atom. The molecule has 2 amide bonds. The largest absolute Gasteiger partial charge is 0.376 e. The number of amides is 2. The predicted octanol–water partition coefficient (Wildman–Crippen LogP) is 4.08. The van der Waals surface area contributed by atoms with Crippen LogP contribution in [-0.2, 0) is 4.74 Å². The lowest BCUT2D eigenvalue weighted by atomic mass is 10.1. The highest BCUT2D eigenvalue weighted by atomic mass is 16.5. The zero-order valence-electron chi connectivity index (χ0n) is 17.8. The second-order valence-corrected chi connectivity index (χ2v) is 7.67. The van der Waals surface area contributed by atoms with Gasteiger partial charge in [0.1, 0.15) is 0 Å². The molecule has 0 radical (unpaired) electrons. The quantitative estimate of drug-likeness (QED) is 0.655. The van der Waals surface area contributed by atoms with Crippen LogP contribution in [0.2, 0.25) is 0 Å². The van der Waals surface area contributed by atoms with Crippen LogP contribution in [0.4, 0.5) is 11.4 Å². The number of hydrogen-bond acceptors (Lipinski definition) is 4. The van der Waals surface area contributed by atoms with E-state index in [0.717, 1.165) is 44.5 Å². The maximum atomic E-state index is 12.7. The van der Waals surface area contributed by atoms with E-state index in [1.165, 1.54) is 0 Å². The number of nitrogens with one attached hydrogen (secondary N) is 2. The number of ether oxygens (including phenoxy) is 1. The van der Waals surface area contributed by atoms with Gasteiger partial charge in [-0.25, -0.2) is 0 Å². The molecule has 0 bridgehead atoms. The summed E-state index contributed by atoms with van der Waals surface area (Å²) in [6.07, 6.45) is 4.34. The second-order valence-electron chi connectivity index (χ2n) is 7.67. The Morgan fingerprint density at radius 1 is 1.10 bits per heavy atom. The summed E-state index contributed by atoms with van der Waals surface area (Å²) in [5.41, 5.74) is 2.57. The monoisotopic (exact) mass is 409 g/mol. The lowest BCUT2D eigenvalue weighted by molar-refractivity contribution is 0.0858. The molecule has 0 aromatic heterocycles. The van der Waals surface area contributed by atoms with E-state index in [0.29, 0.717) is 23.4 Å². The minimum atomic E-state index is -0.239. The summed E-state index contributed by atoms with van der Waals surface area (Å²) in [5, 5.41) is 5.78. The summed E-state index contributed by atoms with van der Waals surface area (Å²) in [6, 6.07) is 14.6. The standard InChI is InChI=1S/C24H31N3O3/c1-3-4-15-27(2)19-13-11-18(12-14-19)23(28)26-22-10-6-5-9-21(22)24(29)25-17-20-8-7-16-30-20/h5-6,9-14,20H,3-4,7-8,15-17H2,1-2H3,(H,25,29)(H,26,28). The van der Waals surface area contributed by atoms with Gasteiger partial charge in [-0.2, -0.15) is 0 Å². The molecule has 0 saturated carbocycles. The van der Waals surface area contributed by atoms with E-state index in [-0.39, 0.29) is 17.9 Å². The Hall–Kier alpha value is -2.86. The Morgan fingerprint density at radius 3 is 2.57 bits per heavy atom. The van der Waals surface area contributed by atoms with Crippen molar-refractivity contribution in [2.45, 2.75) is 38.7 Å². The lowest BCUT2D eigenvalue weighted by Crippen LogP contribution is -2.32. The van der Waals surface area contributed by atoms with Crippen molar-refractivity contribution < 1.29 is 14.3 Å². The highest BCUT2D eigenvalue weighted by Crippen LogP contribution is 2.19. The average molecular weight is 410 g/mol. The van der Waals surface area contributed by atoms with E-state index in [4.69, 9.17) is 4.74 Å². The first-order valence-electron chi connectivity index (χ1n) is 10.7. The van der Waals surface area contributed by atoms with Crippen molar-refractivity contribution >= 4 is 23.2 Å². The molecule has 1 atom stereocenters. The maximum Gasteiger partial charge on any atom is 0.255 e. The van der Waals surface area contributed by atoms with Gasteiger partial charge in [-0.15, -0.1) is 0 Å². The average Bonchev–Trinajstić information content (AvgIpc) is 3.30. The highest BCUT2D eigenvalue weighted by molar-refractivity contribution is 6.09. The van der Waals surface area contributed by atoms with Crippen LogP contribution in [0.15, 0.2) is 48.5 Å². The molecule has 1 aliphatic rings. The number of hydrogen-bond donors (Lipinski definition) is 2. The molecule has 1 aliphatic heterocycles. The van der Waals surface area contributed by atoms with Crippen LogP contribution in [0, 0.1) is 0 Å². The van der Waals surface area contributed by atoms with Crippen molar-refractivity contribution in [2.24, 2.45) is 0 Å². The Balaban J connectivity index is 1.63. The van der Waals surface area contributed by atoms with Crippen LogP contribution in [0.25, 0.3) is 0 Å². The molecule has 30 heavy (non-hydrogen) atoms. The normalized spacial score (nSPS) is 15.6. The molecular weight excluding hydrogens is 378 g/mol. The third-order valence-electron chi connectivity index (χ3n) is 5.35. The number of anilines is 2. The first-order valence-corrected chi connectivity index (χ1v) is 10.7. The smallest absolute Gasteiger partial charge is 0.255 e. The van der Waals surface area contributed by atoms with Crippen molar-refractivity contribution in [3.05, 3.63) is 59.7 Å². The zero-order chi connectivity index (χ0) is 21.3. The molecule has 6 nitrogen and oxygen atoms in total. The molecule has 1 fully saturated rings. The lowest BCUT2D eigenvalue weighted by Gasteiger charge is -2.19. The molecule has 0 spiro atoms. The van der Waals surface area contributed by atoms with E-state index in [1.807, 2.05) is 24.3 Å². The van der Waals surface area contributed by atoms with Crippen LogP contribution < -0.4 is 15.5 Å². The fraction of sp³-hybridized carbons (Fsp3) is 0.417. The molecule has 1 heterocycles. The van der Waals surface area contributed by atoms with E-state index >= 15 is 0 Å². The number of para-hydroxylation sites is 1. The van der Waals surface area contributed by atoms with Crippen molar-refractivity contribution in [1.82, 2.24) is 5.32 Å². The summed E-state index contributed by atoms with van der Waals surface area (Å²) in [6.45, 7) is 4.38. The van der Waals surface area contributed by atoms with Gasteiger partial charge < -0.3 is 20.3 Å². The molecule has 1 saturated heterocycles. The molecular formula is C24H31N3O3. The summed E-state index contributed by atoms with van der Waals surface area (Å²) in [4.78, 5) is 27.5. The third kappa shape index (κ3) is 5.83. The highest BCUT2D eigenvalue weighted by Gasteiger charge is 2.18. The van der Waals surface area contributed by atoms with Gasteiger partial charge in [0.05, 0.1) is 17.4 Å². The van der Waals surface area contributed by atoms with Gasteiger partial charge in [0, 0.05) is 38.0 Å². The fourth-order valence-corrected chi connectivity index (χ4v) is 3.48. The SMILES string of the molecule is CCCCN(C)c1ccc(C(=O)Nc2ccccc2C(=O)NCC2CCCO2)cc1. The van der Waals surface area contributed by atoms with Crippen molar-refractivity contribution in [1.29, 1.82) is 0 Å². The maximum absolute atomic E-state index is 12.7. The minimum absolute atomic E-state index is 0.0738. The summed E-state index contributed by atoms with van der Waals surface area (Å²) < 4.78 is 5.55. The Bertz CT molecular complexity index is 845. The van der Waals surface area contributed by atoms with Gasteiger partial charge in [0.15, 0.2) is 0 Å². The van der Waals surface area contributed by atoms with Crippen LogP contribution >= 0.6 is 0 Å². The van der Waals surface area contributed by atoms with Gasteiger partial charge in [-0.1, -0.05) is 25.5 Å². The van der Waals surface area contributed by atoms with Crippen molar-refractivity contribution in [3.63, 3.8) is 0 Å². The van der Waals surface area contributed by atoms with Gasteiger partial charge in [-0.05, 0) is 55.7 Å². The summed E-state index contributed by atoms with van der Waals surface area (Å²) in [5.74, 6) is -0.452. The van der Waals surface area contributed by atoms with Gasteiger partial charge in [0.2, 0.25) is 0 Å². The summed E-state index contributed by atoms with van der Waals surface area (Å²) in [7, 11) is 2.05. The third-order valence-corrected chi connectivity index (χ3v) is 5.35.